The van der Waals surface area contributed by atoms with Gasteiger partial charge < -0.3 is 4.74 Å². The molecule has 0 amide bonds. The highest BCUT2D eigenvalue weighted by Gasteiger charge is 2.12. The Hall–Kier alpha value is -1.86. The van der Waals surface area contributed by atoms with Gasteiger partial charge in [0.2, 0.25) is 5.16 Å². The first-order valence-corrected chi connectivity index (χ1v) is 8.76. The van der Waals surface area contributed by atoms with Gasteiger partial charge in [-0.3, -0.25) is 0 Å². The maximum Gasteiger partial charge on any atom is 0.214 e. The Morgan fingerprint density at radius 1 is 1.22 bits per heavy atom. The highest BCUT2D eigenvalue weighted by molar-refractivity contribution is 9.10. The van der Waals surface area contributed by atoms with Gasteiger partial charge in [-0.05, 0) is 47.2 Å². The van der Waals surface area contributed by atoms with Crippen LogP contribution in [0.4, 0.5) is 0 Å². The lowest BCUT2D eigenvalue weighted by molar-refractivity contribution is 0.411. The van der Waals surface area contributed by atoms with Gasteiger partial charge in [-0.25, -0.2) is 0 Å². The van der Waals surface area contributed by atoms with E-state index in [9.17, 15) is 0 Å². The van der Waals surface area contributed by atoms with Gasteiger partial charge in [-0.15, -0.1) is 5.10 Å². The molecule has 0 N–H and O–H groups in total. The second kappa shape index (κ2) is 7.14. The van der Waals surface area contributed by atoms with Crippen molar-refractivity contribution in [1.29, 1.82) is 0 Å². The van der Waals surface area contributed by atoms with E-state index in [4.69, 9.17) is 4.74 Å². The molecule has 3 aromatic rings. The van der Waals surface area contributed by atoms with Gasteiger partial charge in [0.15, 0.2) is 0 Å². The minimum Gasteiger partial charge on any atom is -0.496 e. The van der Waals surface area contributed by atoms with Crippen LogP contribution in [0, 0.1) is 6.92 Å². The third kappa shape index (κ3) is 3.56. The van der Waals surface area contributed by atoms with Crippen molar-refractivity contribution >= 4 is 27.7 Å². The summed E-state index contributed by atoms with van der Waals surface area (Å²) in [5, 5.41) is 12.8. The summed E-state index contributed by atoms with van der Waals surface area (Å²) in [5.41, 5.74) is 3.20. The Morgan fingerprint density at radius 3 is 2.83 bits per heavy atom. The number of rotatable bonds is 5. The lowest BCUT2D eigenvalue weighted by Crippen LogP contribution is -2.01. The van der Waals surface area contributed by atoms with Crippen LogP contribution >= 0.6 is 27.7 Å². The van der Waals surface area contributed by atoms with Crippen molar-refractivity contribution in [3.8, 4) is 11.4 Å². The average molecular weight is 391 g/mol. The summed E-state index contributed by atoms with van der Waals surface area (Å²) < 4.78 is 8.20. The maximum absolute atomic E-state index is 5.41. The highest BCUT2D eigenvalue weighted by atomic mass is 79.9. The molecule has 118 valence electrons. The van der Waals surface area contributed by atoms with E-state index in [-0.39, 0.29) is 0 Å². The third-order valence-electron chi connectivity index (χ3n) is 3.38. The van der Waals surface area contributed by atoms with Gasteiger partial charge in [-0.1, -0.05) is 45.9 Å². The van der Waals surface area contributed by atoms with Crippen LogP contribution in [0.25, 0.3) is 5.69 Å². The zero-order valence-electron chi connectivity index (χ0n) is 12.7. The smallest absolute Gasteiger partial charge is 0.214 e. The van der Waals surface area contributed by atoms with E-state index >= 15 is 0 Å². The molecule has 2 aromatic carbocycles. The van der Waals surface area contributed by atoms with E-state index in [0.717, 1.165) is 37.9 Å². The lowest BCUT2D eigenvalue weighted by atomic mass is 10.2. The van der Waals surface area contributed by atoms with Gasteiger partial charge in [0.1, 0.15) is 5.75 Å². The van der Waals surface area contributed by atoms with Gasteiger partial charge in [0.05, 0.1) is 12.8 Å². The van der Waals surface area contributed by atoms with Crippen LogP contribution in [0.2, 0.25) is 0 Å². The van der Waals surface area contributed by atoms with Gasteiger partial charge >= 0.3 is 0 Å². The normalized spacial score (nSPS) is 10.7. The molecule has 0 fully saturated rings. The van der Waals surface area contributed by atoms with Crippen LogP contribution in [0.3, 0.4) is 0 Å². The minimum absolute atomic E-state index is 0.717. The van der Waals surface area contributed by atoms with Crippen molar-refractivity contribution < 1.29 is 4.74 Å². The van der Waals surface area contributed by atoms with Crippen LogP contribution < -0.4 is 4.74 Å². The number of methoxy groups -OCH3 is 1. The number of aryl methyl sites for hydroxylation is 1. The molecular formula is C16H15BrN4OS. The van der Waals surface area contributed by atoms with E-state index in [1.807, 2.05) is 49.4 Å². The molecule has 3 rings (SSSR count). The Labute approximate surface area is 147 Å². The Balaban J connectivity index is 1.85. The largest absolute Gasteiger partial charge is 0.496 e. The number of hydrogen-bond donors (Lipinski definition) is 0. The van der Waals surface area contributed by atoms with Gasteiger partial charge in [0, 0.05) is 15.8 Å². The predicted octanol–water partition coefficient (Wildman–Crippen LogP) is 4.03. The lowest BCUT2D eigenvalue weighted by Gasteiger charge is -2.09. The molecule has 0 atom stereocenters. The first-order valence-electron chi connectivity index (χ1n) is 6.98. The molecule has 1 heterocycles. The summed E-state index contributed by atoms with van der Waals surface area (Å²) in [6.07, 6.45) is 0. The number of aromatic nitrogens is 4. The molecule has 0 saturated heterocycles. The third-order valence-corrected chi connectivity index (χ3v) is 4.85. The fourth-order valence-electron chi connectivity index (χ4n) is 2.22. The van der Waals surface area contributed by atoms with Crippen molar-refractivity contribution in [3.05, 3.63) is 58.1 Å². The van der Waals surface area contributed by atoms with Crippen LogP contribution in [0.15, 0.2) is 52.1 Å². The van der Waals surface area contributed by atoms with Crippen molar-refractivity contribution in [1.82, 2.24) is 20.2 Å². The fraction of sp³-hybridized carbons (Fsp3) is 0.188. The summed E-state index contributed by atoms with van der Waals surface area (Å²) in [7, 11) is 1.68. The molecule has 0 aliphatic heterocycles. The molecular weight excluding hydrogens is 376 g/mol. The molecule has 0 spiro atoms. The molecule has 7 heteroatoms. The fourth-order valence-corrected chi connectivity index (χ4v) is 3.49. The number of halogens is 1. The summed E-state index contributed by atoms with van der Waals surface area (Å²) in [5.74, 6) is 1.57. The number of ether oxygens (including phenoxy) is 1. The topological polar surface area (TPSA) is 52.8 Å². The quantitative estimate of drug-likeness (QED) is 0.615. The van der Waals surface area contributed by atoms with E-state index in [1.165, 1.54) is 0 Å². The zero-order chi connectivity index (χ0) is 16.2. The molecule has 0 unspecified atom stereocenters. The standard InChI is InChI=1S/C16H15BrN4OS/c1-11-5-3-4-6-14(11)21-16(18-19-20-21)23-10-12-9-13(17)7-8-15(12)22-2/h3-9H,10H2,1-2H3. The Bertz CT molecular complexity index is 821. The molecule has 0 saturated carbocycles. The summed E-state index contributed by atoms with van der Waals surface area (Å²) >= 11 is 5.07. The highest BCUT2D eigenvalue weighted by Crippen LogP contribution is 2.30. The van der Waals surface area contributed by atoms with E-state index < -0.39 is 0 Å². The van der Waals surface area contributed by atoms with Crippen molar-refractivity contribution in [2.24, 2.45) is 0 Å². The van der Waals surface area contributed by atoms with E-state index in [0.29, 0.717) is 0 Å². The first-order chi connectivity index (χ1) is 11.2. The molecule has 1 aromatic heterocycles. The molecule has 23 heavy (non-hydrogen) atoms. The zero-order valence-corrected chi connectivity index (χ0v) is 15.1. The van der Waals surface area contributed by atoms with Crippen LogP contribution in [-0.4, -0.2) is 27.3 Å². The molecule has 0 aliphatic carbocycles. The summed E-state index contributed by atoms with van der Waals surface area (Å²) in [6, 6.07) is 14.0. The molecule has 0 bridgehead atoms. The average Bonchev–Trinajstić information content (AvgIpc) is 3.02. The number of nitrogens with zero attached hydrogens (tertiary/aromatic N) is 4. The second-order valence-electron chi connectivity index (χ2n) is 4.90. The van der Waals surface area contributed by atoms with E-state index in [1.54, 1.807) is 23.6 Å². The molecule has 0 aliphatic rings. The SMILES string of the molecule is COc1ccc(Br)cc1CSc1nnnn1-c1ccccc1C. The Morgan fingerprint density at radius 2 is 2.04 bits per heavy atom. The first kappa shape index (κ1) is 16.0. The van der Waals surface area contributed by atoms with E-state index in [2.05, 4.69) is 31.5 Å². The number of benzene rings is 2. The molecule has 5 nitrogen and oxygen atoms in total. The number of para-hydroxylation sites is 1. The minimum atomic E-state index is 0.717. The van der Waals surface area contributed by atoms with Crippen LogP contribution in [-0.2, 0) is 5.75 Å². The van der Waals surface area contributed by atoms with Gasteiger partial charge in [-0.2, -0.15) is 4.68 Å². The van der Waals surface area contributed by atoms with Crippen molar-refractivity contribution in [2.75, 3.05) is 7.11 Å². The van der Waals surface area contributed by atoms with Crippen LogP contribution in [0.1, 0.15) is 11.1 Å². The number of thioether (sulfide) groups is 1. The van der Waals surface area contributed by atoms with Crippen LogP contribution in [0.5, 0.6) is 5.75 Å². The number of tetrazole rings is 1. The predicted molar refractivity (Wildman–Crippen MR) is 94.1 cm³/mol. The second-order valence-corrected chi connectivity index (χ2v) is 6.76. The number of hydrogen-bond acceptors (Lipinski definition) is 5. The molecule has 0 radical (unpaired) electrons. The monoisotopic (exact) mass is 390 g/mol. The summed E-state index contributed by atoms with van der Waals surface area (Å²) in [4.78, 5) is 0. The Kier molecular flexibility index (Phi) is 4.97. The summed E-state index contributed by atoms with van der Waals surface area (Å²) in [6.45, 7) is 2.04. The maximum atomic E-state index is 5.41. The van der Waals surface area contributed by atoms with Gasteiger partial charge in [0.25, 0.3) is 0 Å². The van der Waals surface area contributed by atoms with Crippen molar-refractivity contribution in [3.63, 3.8) is 0 Å². The van der Waals surface area contributed by atoms with Crippen molar-refractivity contribution in [2.45, 2.75) is 17.8 Å².